The van der Waals surface area contributed by atoms with Crippen molar-refractivity contribution in [3.8, 4) is 11.5 Å². The Balaban J connectivity index is 2.19. The lowest BCUT2D eigenvalue weighted by atomic mass is 10.1. The fourth-order valence-electron chi connectivity index (χ4n) is 3.02. The lowest BCUT2D eigenvalue weighted by Crippen LogP contribution is -2.43. The Morgan fingerprint density at radius 3 is 1.85 bits per heavy atom. The second kappa shape index (κ2) is 12.9. The third-order valence-corrected chi connectivity index (χ3v) is 6.99. The molecule has 0 aliphatic rings. The van der Waals surface area contributed by atoms with Crippen molar-refractivity contribution in [2.75, 3.05) is 0 Å². The van der Waals surface area contributed by atoms with E-state index in [1.807, 2.05) is 67.8 Å². The molecule has 2 atom stereocenters. The summed E-state index contributed by atoms with van der Waals surface area (Å²) in [4.78, 5) is 47.2. The van der Waals surface area contributed by atoms with Crippen molar-refractivity contribution < 1.29 is 34.1 Å². The van der Waals surface area contributed by atoms with E-state index in [2.05, 4.69) is 10.6 Å². The highest BCUT2D eigenvalue weighted by atomic mass is 127. The zero-order valence-electron chi connectivity index (χ0n) is 18.0. The van der Waals surface area contributed by atoms with Gasteiger partial charge in [0.05, 0.1) is 10.7 Å². The monoisotopic (exact) mass is 806 g/mol. The average Bonchev–Trinajstić information content (AvgIpc) is 2.72. The number of benzene rings is 2. The molecule has 2 amide bonds. The number of carboxylic acids is 1. The number of amides is 2. The van der Waals surface area contributed by atoms with Crippen LogP contribution < -0.4 is 15.4 Å². The number of phenolic OH excluding ortho intramolecular Hbond substituents is 1. The number of ether oxygens (including phenoxy) is 1. The van der Waals surface area contributed by atoms with Gasteiger partial charge in [-0.05, 0) is 103 Å². The highest BCUT2D eigenvalue weighted by Crippen LogP contribution is 2.28. The van der Waals surface area contributed by atoms with Gasteiger partial charge in [-0.25, -0.2) is 9.59 Å². The molecule has 0 saturated heterocycles. The van der Waals surface area contributed by atoms with Crippen molar-refractivity contribution in [1.29, 1.82) is 0 Å². The smallest absolute Gasteiger partial charge is 0.334 e. The van der Waals surface area contributed by atoms with Crippen molar-refractivity contribution in [3.05, 3.63) is 52.2 Å². The van der Waals surface area contributed by atoms with E-state index in [0.717, 1.165) is 5.56 Å². The zero-order chi connectivity index (χ0) is 25.6. The van der Waals surface area contributed by atoms with Gasteiger partial charge in [-0.3, -0.25) is 9.59 Å². The molecule has 0 aliphatic carbocycles. The summed E-state index contributed by atoms with van der Waals surface area (Å²) in [7, 11) is 0. The molecular formula is C22H21I3N2O7. The summed E-state index contributed by atoms with van der Waals surface area (Å²) in [5, 5.41) is 24.2. The maximum Gasteiger partial charge on any atom is 0.334 e. The molecule has 0 saturated carbocycles. The Hall–Kier alpha value is -1.69. The first-order valence-electron chi connectivity index (χ1n) is 9.81. The Labute approximate surface area is 236 Å². The molecule has 0 fully saturated rings. The highest BCUT2D eigenvalue weighted by molar-refractivity contribution is 14.1. The third kappa shape index (κ3) is 8.51. The van der Waals surface area contributed by atoms with Crippen LogP contribution in [0.1, 0.15) is 25.0 Å². The van der Waals surface area contributed by atoms with Crippen LogP contribution in [-0.4, -0.2) is 46.0 Å². The van der Waals surface area contributed by atoms with Crippen molar-refractivity contribution in [2.45, 2.75) is 38.8 Å². The van der Waals surface area contributed by atoms with Gasteiger partial charge in [-0.1, -0.05) is 6.07 Å². The second-order valence-corrected chi connectivity index (χ2v) is 10.8. The van der Waals surface area contributed by atoms with E-state index in [1.54, 1.807) is 30.3 Å². The average molecular weight is 806 g/mol. The van der Waals surface area contributed by atoms with E-state index < -0.39 is 35.8 Å². The van der Waals surface area contributed by atoms with E-state index in [9.17, 15) is 29.4 Å². The summed E-state index contributed by atoms with van der Waals surface area (Å²) in [6.07, 6.45) is 0.224. The fourth-order valence-corrected chi connectivity index (χ4v) is 5.61. The first kappa shape index (κ1) is 28.5. The van der Waals surface area contributed by atoms with Gasteiger partial charge in [0.1, 0.15) is 23.6 Å². The summed E-state index contributed by atoms with van der Waals surface area (Å²) in [6, 6.07) is 6.24. The standard InChI is InChI=1S/C22H21I3N2O7/c1-10(28)26-17(21(31)32)8-12-3-4-19(14(23)5-12)34-22(33)18(27-11(2)29)9-13-6-15(24)20(30)16(25)7-13/h3-7,17-18,30H,8-9H2,1-2H3,(H,26,28)(H,27,29)(H,31,32)/t17-,18-/m0/s1. The molecule has 12 heteroatoms. The molecule has 0 spiro atoms. The van der Waals surface area contributed by atoms with E-state index in [4.69, 9.17) is 4.74 Å². The third-order valence-electron chi connectivity index (χ3n) is 4.50. The maximum atomic E-state index is 12.9. The normalized spacial score (nSPS) is 12.4. The van der Waals surface area contributed by atoms with E-state index in [-0.39, 0.29) is 24.3 Å². The largest absolute Gasteiger partial charge is 0.506 e. The molecule has 0 unspecified atom stereocenters. The number of hydrogen-bond donors (Lipinski definition) is 4. The van der Waals surface area contributed by atoms with Crippen LogP contribution in [0.4, 0.5) is 0 Å². The summed E-state index contributed by atoms with van der Waals surface area (Å²) >= 11 is 5.94. The van der Waals surface area contributed by atoms with Gasteiger partial charge in [-0.2, -0.15) is 0 Å². The molecule has 0 radical (unpaired) electrons. The van der Waals surface area contributed by atoms with Gasteiger partial charge in [0.25, 0.3) is 0 Å². The van der Waals surface area contributed by atoms with Crippen LogP contribution >= 0.6 is 67.8 Å². The molecule has 34 heavy (non-hydrogen) atoms. The second-order valence-electron chi connectivity index (χ2n) is 7.35. The number of carboxylic acid groups (broad SMARTS) is 1. The lowest BCUT2D eigenvalue weighted by Gasteiger charge is -2.18. The maximum absolute atomic E-state index is 12.9. The van der Waals surface area contributed by atoms with E-state index in [1.165, 1.54) is 13.8 Å². The van der Waals surface area contributed by atoms with Crippen LogP contribution in [-0.2, 0) is 32.0 Å². The highest BCUT2D eigenvalue weighted by Gasteiger charge is 2.25. The summed E-state index contributed by atoms with van der Waals surface area (Å²) < 4.78 is 7.34. The van der Waals surface area contributed by atoms with Crippen LogP contribution in [0.5, 0.6) is 11.5 Å². The number of hydrogen-bond acceptors (Lipinski definition) is 6. The van der Waals surface area contributed by atoms with Crippen molar-refractivity contribution in [3.63, 3.8) is 0 Å². The predicted molar refractivity (Wildman–Crippen MR) is 149 cm³/mol. The molecule has 9 nitrogen and oxygen atoms in total. The van der Waals surface area contributed by atoms with Gasteiger partial charge in [-0.15, -0.1) is 0 Å². The van der Waals surface area contributed by atoms with E-state index >= 15 is 0 Å². The van der Waals surface area contributed by atoms with Crippen LogP contribution in [0.2, 0.25) is 0 Å². The Kier molecular flexibility index (Phi) is 10.8. The SMILES string of the molecule is CC(=O)N[C@@H](Cc1ccc(OC(=O)[C@H](Cc2cc(I)c(O)c(I)c2)NC(C)=O)c(I)c1)C(=O)O. The molecule has 0 heterocycles. The summed E-state index contributed by atoms with van der Waals surface area (Å²) in [5.41, 5.74) is 1.38. The van der Waals surface area contributed by atoms with Gasteiger partial charge < -0.3 is 25.6 Å². The van der Waals surface area contributed by atoms with Gasteiger partial charge >= 0.3 is 11.9 Å². The molecule has 2 rings (SSSR count). The number of esters is 1. The van der Waals surface area contributed by atoms with Crippen LogP contribution in [0.3, 0.4) is 0 Å². The minimum atomic E-state index is -1.16. The fraction of sp³-hybridized carbons (Fsp3) is 0.273. The molecular weight excluding hydrogens is 785 g/mol. The minimum Gasteiger partial charge on any atom is -0.506 e. The van der Waals surface area contributed by atoms with Crippen molar-refractivity contribution >= 4 is 91.5 Å². The zero-order valence-corrected chi connectivity index (χ0v) is 24.5. The molecule has 0 aliphatic heterocycles. The lowest BCUT2D eigenvalue weighted by molar-refractivity contribution is -0.141. The number of nitrogens with one attached hydrogen (secondary N) is 2. The number of halogens is 3. The first-order chi connectivity index (χ1) is 15.9. The number of carbonyl (C=O) groups excluding carboxylic acids is 3. The molecule has 2 aromatic carbocycles. The number of aromatic hydroxyl groups is 1. The van der Waals surface area contributed by atoms with Crippen molar-refractivity contribution in [1.82, 2.24) is 10.6 Å². The minimum absolute atomic E-state index is 0.0613. The topological polar surface area (TPSA) is 142 Å². The predicted octanol–water partition coefficient (Wildman–Crippen LogP) is 2.99. The Morgan fingerprint density at radius 2 is 1.35 bits per heavy atom. The van der Waals surface area contributed by atoms with Gasteiger partial charge in [0.2, 0.25) is 11.8 Å². The quantitative estimate of drug-likeness (QED) is 0.174. The number of phenols is 1. The Bertz CT molecular complexity index is 1100. The van der Waals surface area contributed by atoms with E-state index in [0.29, 0.717) is 16.3 Å². The molecule has 0 aromatic heterocycles. The first-order valence-corrected chi connectivity index (χ1v) is 13.0. The molecule has 0 bridgehead atoms. The molecule has 2 aromatic rings. The number of rotatable bonds is 9. The van der Waals surface area contributed by atoms with Gasteiger partial charge in [0.15, 0.2) is 0 Å². The van der Waals surface area contributed by atoms with Crippen LogP contribution in [0, 0.1) is 10.7 Å². The van der Waals surface area contributed by atoms with Crippen LogP contribution in [0.25, 0.3) is 0 Å². The molecule has 4 N–H and O–H groups in total. The number of carbonyl (C=O) groups is 4. The molecule has 182 valence electrons. The van der Waals surface area contributed by atoms with Gasteiger partial charge in [0, 0.05) is 26.7 Å². The Morgan fingerprint density at radius 1 is 0.853 bits per heavy atom. The van der Waals surface area contributed by atoms with Crippen LogP contribution in [0.15, 0.2) is 30.3 Å². The summed E-state index contributed by atoms with van der Waals surface area (Å²) in [6.45, 7) is 2.55. The van der Waals surface area contributed by atoms with Crippen molar-refractivity contribution in [2.24, 2.45) is 0 Å². The summed E-state index contributed by atoms with van der Waals surface area (Å²) in [5.74, 6) is -2.26. The number of aliphatic carboxylic acids is 1.